The highest BCUT2D eigenvalue weighted by atomic mass is 35.5. The number of hydrogen-bond donors (Lipinski definition) is 0. The van der Waals surface area contributed by atoms with E-state index in [-0.39, 0.29) is 11.4 Å². The van der Waals surface area contributed by atoms with Gasteiger partial charge in [-0.3, -0.25) is 4.98 Å². The van der Waals surface area contributed by atoms with Crippen molar-refractivity contribution in [3.05, 3.63) is 29.1 Å². The van der Waals surface area contributed by atoms with Gasteiger partial charge in [-0.2, -0.15) is 0 Å². The Morgan fingerprint density at radius 3 is 2.75 bits per heavy atom. The predicted octanol–water partition coefficient (Wildman–Crippen LogP) is 3.07. The number of hydrogen-bond acceptors (Lipinski definition) is 1. The molecule has 0 aliphatic carbocycles. The van der Waals surface area contributed by atoms with E-state index >= 15 is 0 Å². The van der Waals surface area contributed by atoms with Crippen LogP contribution in [0.2, 0.25) is 0 Å². The minimum absolute atomic E-state index is 0.0341. The Morgan fingerprint density at radius 2 is 2.25 bits per heavy atom. The lowest BCUT2D eigenvalue weighted by atomic mass is 10.1. The summed E-state index contributed by atoms with van der Waals surface area (Å²) in [5.41, 5.74) is 0.949. The molecule has 0 fully saturated rings. The first-order valence-electron chi connectivity index (χ1n) is 3.44. The van der Waals surface area contributed by atoms with E-state index in [1.165, 1.54) is 12.3 Å². The monoisotopic (exact) mass is 191 g/mol. The van der Waals surface area contributed by atoms with Crippen molar-refractivity contribution in [3.8, 4) is 0 Å². The number of aromatic nitrogens is 1. The van der Waals surface area contributed by atoms with Gasteiger partial charge in [0.15, 0.2) is 0 Å². The fourth-order valence-corrected chi connectivity index (χ4v) is 1.04. The number of halogens is 3. The Morgan fingerprint density at radius 1 is 1.58 bits per heavy atom. The first-order chi connectivity index (χ1) is 5.65. The molecule has 12 heavy (non-hydrogen) atoms. The maximum absolute atomic E-state index is 12.3. The summed E-state index contributed by atoms with van der Waals surface area (Å²) in [5, 5.41) is 0. The lowest BCUT2D eigenvalue weighted by Crippen LogP contribution is -1.94. The SMILES string of the molecule is Cc1ncc(CCl)cc1C(F)F. The van der Waals surface area contributed by atoms with Crippen molar-refractivity contribution in [2.24, 2.45) is 0 Å². The number of alkyl halides is 3. The molecule has 0 saturated heterocycles. The van der Waals surface area contributed by atoms with Crippen LogP contribution in [0.4, 0.5) is 8.78 Å². The maximum Gasteiger partial charge on any atom is 0.265 e. The average Bonchev–Trinajstić information content (AvgIpc) is 2.05. The van der Waals surface area contributed by atoms with Crippen molar-refractivity contribution in [2.45, 2.75) is 19.2 Å². The Bertz CT molecular complexity index is 276. The van der Waals surface area contributed by atoms with Gasteiger partial charge in [-0.25, -0.2) is 8.78 Å². The molecule has 0 atom stereocenters. The molecule has 0 unspecified atom stereocenters. The molecule has 0 aliphatic rings. The highest BCUT2D eigenvalue weighted by Crippen LogP contribution is 2.22. The summed E-state index contributed by atoms with van der Waals surface area (Å²) in [4.78, 5) is 3.81. The fraction of sp³-hybridized carbons (Fsp3) is 0.375. The van der Waals surface area contributed by atoms with Crippen LogP contribution in [-0.4, -0.2) is 4.98 Å². The van der Waals surface area contributed by atoms with E-state index in [9.17, 15) is 8.78 Å². The third-order valence-electron chi connectivity index (χ3n) is 1.57. The van der Waals surface area contributed by atoms with Gasteiger partial charge in [-0.15, -0.1) is 11.6 Å². The zero-order valence-corrected chi connectivity index (χ0v) is 7.28. The molecule has 0 saturated carbocycles. The zero-order chi connectivity index (χ0) is 9.14. The number of nitrogens with zero attached hydrogens (tertiary/aromatic N) is 1. The molecule has 4 heteroatoms. The smallest absolute Gasteiger partial charge is 0.261 e. The van der Waals surface area contributed by atoms with Gasteiger partial charge in [0.2, 0.25) is 0 Å². The van der Waals surface area contributed by atoms with E-state index in [2.05, 4.69) is 4.98 Å². The minimum atomic E-state index is -2.47. The summed E-state index contributed by atoms with van der Waals surface area (Å²) in [6.07, 6.45) is -0.963. The van der Waals surface area contributed by atoms with Crippen LogP contribution in [0.1, 0.15) is 23.2 Å². The standard InChI is InChI=1S/C8H8ClF2N/c1-5-7(8(10)11)2-6(3-9)4-12-5/h2,4,8H,3H2,1H3. The van der Waals surface area contributed by atoms with Gasteiger partial charge in [0, 0.05) is 23.3 Å². The number of rotatable bonds is 2. The van der Waals surface area contributed by atoms with Gasteiger partial charge in [-0.1, -0.05) is 0 Å². The summed E-state index contributed by atoms with van der Waals surface area (Å²) in [5.74, 6) is 0.215. The Hall–Kier alpha value is -0.700. The Kier molecular flexibility index (Phi) is 2.98. The van der Waals surface area contributed by atoms with Crippen molar-refractivity contribution in [3.63, 3.8) is 0 Å². The highest BCUT2D eigenvalue weighted by Gasteiger charge is 2.11. The fourth-order valence-electron chi connectivity index (χ4n) is 0.890. The second-order valence-corrected chi connectivity index (χ2v) is 2.72. The molecule has 0 bridgehead atoms. The Labute approximate surface area is 74.4 Å². The van der Waals surface area contributed by atoms with Crippen LogP contribution in [0, 0.1) is 6.92 Å². The van der Waals surface area contributed by atoms with E-state index in [0.29, 0.717) is 11.3 Å². The lowest BCUT2D eigenvalue weighted by molar-refractivity contribution is 0.150. The normalized spacial score (nSPS) is 10.8. The molecule has 0 aliphatic heterocycles. The van der Waals surface area contributed by atoms with Crippen molar-refractivity contribution >= 4 is 11.6 Å². The summed E-state index contributed by atoms with van der Waals surface area (Å²) in [7, 11) is 0. The second-order valence-electron chi connectivity index (χ2n) is 2.45. The van der Waals surface area contributed by atoms with Gasteiger partial charge < -0.3 is 0 Å². The predicted molar refractivity (Wildman–Crippen MR) is 43.5 cm³/mol. The zero-order valence-electron chi connectivity index (χ0n) is 6.52. The van der Waals surface area contributed by atoms with E-state index in [0.717, 1.165) is 0 Å². The molecular weight excluding hydrogens is 184 g/mol. The molecule has 0 amide bonds. The van der Waals surface area contributed by atoms with Crippen LogP contribution in [0.25, 0.3) is 0 Å². The molecule has 1 nitrogen and oxygen atoms in total. The maximum atomic E-state index is 12.3. The summed E-state index contributed by atoms with van der Waals surface area (Å²) in [6, 6.07) is 1.39. The van der Waals surface area contributed by atoms with Crippen molar-refractivity contribution in [1.82, 2.24) is 4.98 Å². The summed E-state index contributed by atoms with van der Waals surface area (Å²) >= 11 is 5.47. The van der Waals surface area contributed by atoms with Crippen LogP contribution in [0.15, 0.2) is 12.3 Å². The quantitative estimate of drug-likeness (QED) is 0.655. The van der Waals surface area contributed by atoms with Gasteiger partial charge in [-0.05, 0) is 18.6 Å². The highest BCUT2D eigenvalue weighted by molar-refractivity contribution is 6.17. The lowest BCUT2D eigenvalue weighted by Gasteiger charge is -2.04. The largest absolute Gasteiger partial charge is 0.265 e. The van der Waals surface area contributed by atoms with Crippen molar-refractivity contribution < 1.29 is 8.78 Å². The molecular formula is C8H8ClF2N. The molecule has 0 spiro atoms. The van der Waals surface area contributed by atoms with Crippen molar-refractivity contribution in [2.75, 3.05) is 0 Å². The Balaban J connectivity index is 3.08. The van der Waals surface area contributed by atoms with E-state index in [1.807, 2.05) is 0 Å². The van der Waals surface area contributed by atoms with Gasteiger partial charge in [0.1, 0.15) is 0 Å². The molecule has 1 aromatic rings. The van der Waals surface area contributed by atoms with Gasteiger partial charge >= 0.3 is 0 Å². The molecule has 0 aromatic carbocycles. The van der Waals surface area contributed by atoms with E-state index in [4.69, 9.17) is 11.6 Å². The molecule has 1 aromatic heterocycles. The van der Waals surface area contributed by atoms with Crippen LogP contribution in [0.3, 0.4) is 0 Å². The third kappa shape index (κ3) is 1.91. The molecule has 66 valence electrons. The van der Waals surface area contributed by atoms with Gasteiger partial charge in [0.25, 0.3) is 6.43 Å². The van der Waals surface area contributed by atoms with Crippen LogP contribution in [0.5, 0.6) is 0 Å². The summed E-state index contributed by atoms with van der Waals surface area (Å²) in [6.45, 7) is 1.56. The van der Waals surface area contributed by atoms with E-state index in [1.54, 1.807) is 6.92 Å². The topological polar surface area (TPSA) is 12.9 Å². The first kappa shape index (κ1) is 9.39. The van der Waals surface area contributed by atoms with Crippen LogP contribution < -0.4 is 0 Å². The first-order valence-corrected chi connectivity index (χ1v) is 3.98. The van der Waals surface area contributed by atoms with Crippen molar-refractivity contribution in [1.29, 1.82) is 0 Å². The van der Waals surface area contributed by atoms with E-state index < -0.39 is 6.43 Å². The third-order valence-corrected chi connectivity index (χ3v) is 1.88. The van der Waals surface area contributed by atoms with Crippen LogP contribution >= 0.6 is 11.6 Å². The molecule has 1 heterocycles. The molecule has 0 radical (unpaired) electrons. The molecule has 0 N–H and O–H groups in total. The number of pyridine rings is 1. The van der Waals surface area contributed by atoms with Crippen LogP contribution in [-0.2, 0) is 5.88 Å². The summed E-state index contributed by atoms with van der Waals surface area (Å²) < 4.78 is 24.5. The van der Waals surface area contributed by atoms with Gasteiger partial charge in [0.05, 0.1) is 0 Å². The average molecular weight is 192 g/mol. The molecule has 1 rings (SSSR count). The minimum Gasteiger partial charge on any atom is -0.261 e. The second kappa shape index (κ2) is 3.81. The number of aryl methyl sites for hydroxylation is 1.